The summed E-state index contributed by atoms with van der Waals surface area (Å²) in [6, 6.07) is 17.4. The van der Waals surface area contributed by atoms with E-state index >= 15 is 0 Å². The van der Waals surface area contributed by atoms with Crippen molar-refractivity contribution in [1.82, 2.24) is 4.90 Å². The molecule has 0 aliphatic carbocycles. The van der Waals surface area contributed by atoms with Crippen LogP contribution in [-0.4, -0.2) is 36.3 Å². The van der Waals surface area contributed by atoms with Gasteiger partial charge in [0, 0.05) is 0 Å². The number of thioether (sulfide) groups is 1. The van der Waals surface area contributed by atoms with Crippen molar-refractivity contribution >= 4 is 29.0 Å². The molecule has 1 aliphatic heterocycles. The molecule has 8 heteroatoms. The third kappa shape index (κ3) is 6.55. The van der Waals surface area contributed by atoms with Gasteiger partial charge in [-0.3, -0.25) is 14.5 Å². The molecule has 0 spiro atoms. The van der Waals surface area contributed by atoms with E-state index in [2.05, 4.69) is 13.8 Å². The molecule has 0 bridgehead atoms. The van der Waals surface area contributed by atoms with Crippen LogP contribution in [0.4, 0.5) is 9.18 Å². The number of halogens is 1. The van der Waals surface area contributed by atoms with E-state index in [9.17, 15) is 14.0 Å². The fourth-order valence-electron chi connectivity index (χ4n) is 3.97. The predicted molar refractivity (Wildman–Crippen MR) is 147 cm³/mol. The smallest absolute Gasteiger partial charge is 0.293 e. The number of aryl methyl sites for hydroxylation is 1. The van der Waals surface area contributed by atoms with Crippen molar-refractivity contribution in [3.8, 4) is 17.2 Å². The summed E-state index contributed by atoms with van der Waals surface area (Å²) >= 11 is 0.896. The molecular weight excluding hydrogens is 505 g/mol. The van der Waals surface area contributed by atoms with E-state index in [0.717, 1.165) is 34.2 Å². The highest BCUT2D eigenvalue weighted by Gasteiger charge is 2.35. The molecule has 38 heavy (non-hydrogen) atoms. The highest BCUT2D eigenvalue weighted by molar-refractivity contribution is 8.18. The van der Waals surface area contributed by atoms with Crippen LogP contribution in [0.25, 0.3) is 6.08 Å². The molecule has 1 fully saturated rings. The van der Waals surface area contributed by atoms with Crippen molar-refractivity contribution in [2.24, 2.45) is 0 Å². The predicted octanol–water partition coefficient (Wildman–Crippen LogP) is 6.96. The van der Waals surface area contributed by atoms with Crippen molar-refractivity contribution < 1.29 is 28.2 Å². The third-order valence-electron chi connectivity index (χ3n) is 6.03. The summed E-state index contributed by atoms with van der Waals surface area (Å²) in [4.78, 5) is 27.1. The van der Waals surface area contributed by atoms with Gasteiger partial charge in [0.2, 0.25) is 0 Å². The van der Waals surface area contributed by atoms with E-state index in [1.54, 1.807) is 36.4 Å². The minimum absolute atomic E-state index is 0.155. The van der Waals surface area contributed by atoms with Gasteiger partial charge in [-0.2, -0.15) is 0 Å². The van der Waals surface area contributed by atoms with E-state index in [-0.39, 0.29) is 36.7 Å². The average Bonchev–Trinajstić information content (AvgIpc) is 3.15. The molecule has 0 aromatic heterocycles. The Kier molecular flexibility index (Phi) is 8.73. The van der Waals surface area contributed by atoms with Crippen LogP contribution in [0.15, 0.2) is 65.6 Å². The first-order valence-electron chi connectivity index (χ1n) is 12.3. The zero-order valence-electron chi connectivity index (χ0n) is 21.8. The Morgan fingerprint density at radius 2 is 1.71 bits per heavy atom. The fourth-order valence-corrected chi connectivity index (χ4v) is 4.84. The second kappa shape index (κ2) is 12.2. The molecule has 0 N–H and O–H groups in total. The normalized spacial score (nSPS) is 14.5. The number of rotatable bonds is 10. The van der Waals surface area contributed by atoms with Crippen LogP contribution in [0.3, 0.4) is 0 Å². The third-order valence-corrected chi connectivity index (χ3v) is 6.94. The standard InChI is InChI=1S/C30H30FNO5S/c1-19(2)24-11-5-20(3)15-26(24)36-14-13-32-29(33)28(38-30(32)34)17-22-8-12-25(35-4)27(16-22)37-18-21-6-9-23(31)10-7-21/h5-12,15-17,19H,13-14,18H2,1-4H3/b28-17-. The van der Waals surface area contributed by atoms with Gasteiger partial charge in [0.15, 0.2) is 11.5 Å². The highest BCUT2D eigenvalue weighted by atomic mass is 32.2. The zero-order chi connectivity index (χ0) is 27.2. The molecule has 198 valence electrons. The summed E-state index contributed by atoms with van der Waals surface area (Å²) in [5.74, 6) is 1.38. The average molecular weight is 536 g/mol. The van der Waals surface area contributed by atoms with E-state index in [4.69, 9.17) is 14.2 Å². The Morgan fingerprint density at radius 1 is 0.947 bits per heavy atom. The summed E-state index contributed by atoms with van der Waals surface area (Å²) in [7, 11) is 1.54. The van der Waals surface area contributed by atoms with Crippen molar-refractivity contribution in [3.63, 3.8) is 0 Å². The lowest BCUT2D eigenvalue weighted by molar-refractivity contribution is -0.123. The van der Waals surface area contributed by atoms with Crippen molar-refractivity contribution in [1.29, 1.82) is 0 Å². The van der Waals surface area contributed by atoms with Crippen LogP contribution >= 0.6 is 11.8 Å². The van der Waals surface area contributed by atoms with Gasteiger partial charge in [-0.25, -0.2) is 4.39 Å². The van der Waals surface area contributed by atoms with E-state index in [1.807, 2.05) is 25.1 Å². The molecule has 0 unspecified atom stereocenters. The number of hydrogen-bond donors (Lipinski definition) is 0. The molecule has 1 heterocycles. The Balaban J connectivity index is 1.43. The topological polar surface area (TPSA) is 65.1 Å². The molecule has 1 aliphatic rings. The van der Waals surface area contributed by atoms with Gasteiger partial charge < -0.3 is 14.2 Å². The number of benzene rings is 3. The Labute approximate surface area is 226 Å². The second-order valence-electron chi connectivity index (χ2n) is 9.20. The van der Waals surface area contributed by atoms with Crippen molar-refractivity contribution in [3.05, 3.63) is 93.6 Å². The van der Waals surface area contributed by atoms with Crippen LogP contribution in [0, 0.1) is 12.7 Å². The van der Waals surface area contributed by atoms with Crippen LogP contribution < -0.4 is 14.2 Å². The van der Waals surface area contributed by atoms with Gasteiger partial charge >= 0.3 is 0 Å². The first-order valence-corrected chi connectivity index (χ1v) is 13.1. The molecular formula is C30H30FNO5S. The summed E-state index contributed by atoms with van der Waals surface area (Å²) in [5.41, 5.74) is 3.65. The van der Waals surface area contributed by atoms with Gasteiger partial charge in [-0.1, -0.05) is 44.2 Å². The minimum Gasteiger partial charge on any atom is -0.493 e. The summed E-state index contributed by atoms with van der Waals surface area (Å²) in [5, 5.41) is -0.334. The molecule has 0 radical (unpaired) electrons. The summed E-state index contributed by atoms with van der Waals surface area (Å²) in [6.07, 6.45) is 1.66. The largest absolute Gasteiger partial charge is 0.493 e. The molecule has 0 atom stereocenters. The summed E-state index contributed by atoms with van der Waals surface area (Å²) < 4.78 is 30.4. The molecule has 1 saturated heterocycles. The van der Waals surface area contributed by atoms with Gasteiger partial charge in [-0.15, -0.1) is 0 Å². The number of carbonyl (C=O) groups excluding carboxylic acids is 2. The Hall–Kier alpha value is -3.78. The van der Waals surface area contributed by atoms with Gasteiger partial charge in [0.05, 0.1) is 18.6 Å². The maximum atomic E-state index is 13.2. The monoisotopic (exact) mass is 535 g/mol. The molecule has 0 saturated carbocycles. The lowest BCUT2D eigenvalue weighted by atomic mass is 10.0. The Morgan fingerprint density at radius 3 is 2.42 bits per heavy atom. The minimum atomic E-state index is -0.360. The fraction of sp³-hybridized carbons (Fsp3) is 0.267. The molecule has 2 amide bonds. The van der Waals surface area contributed by atoms with E-state index in [1.165, 1.54) is 24.1 Å². The lowest BCUT2D eigenvalue weighted by Crippen LogP contribution is -2.32. The first-order chi connectivity index (χ1) is 18.2. The molecule has 4 rings (SSSR count). The van der Waals surface area contributed by atoms with Crippen molar-refractivity contribution in [2.45, 2.75) is 33.3 Å². The zero-order valence-corrected chi connectivity index (χ0v) is 22.6. The number of imide groups is 1. The molecule has 3 aromatic carbocycles. The number of hydrogen-bond acceptors (Lipinski definition) is 6. The second-order valence-corrected chi connectivity index (χ2v) is 10.2. The number of amides is 2. The SMILES string of the molecule is COc1ccc(/C=C2\SC(=O)N(CCOc3cc(C)ccc3C(C)C)C2=O)cc1OCc1ccc(F)cc1. The van der Waals surface area contributed by atoms with Gasteiger partial charge in [0.1, 0.15) is 24.8 Å². The van der Waals surface area contributed by atoms with Crippen molar-refractivity contribution in [2.75, 3.05) is 20.3 Å². The number of carbonyl (C=O) groups is 2. The van der Waals surface area contributed by atoms with E-state index in [0.29, 0.717) is 27.9 Å². The van der Waals surface area contributed by atoms with Gasteiger partial charge in [0.25, 0.3) is 11.1 Å². The van der Waals surface area contributed by atoms with Crippen LogP contribution in [-0.2, 0) is 11.4 Å². The number of ether oxygens (including phenoxy) is 3. The van der Waals surface area contributed by atoms with Crippen LogP contribution in [0.1, 0.15) is 42.0 Å². The molecule has 3 aromatic rings. The van der Waals surface area contributed by atoms with Gasteiger partial charge in [-0.05, 0) is 83.3 Å². The van der Waals surface area contributed by atoms with Crippen LogP contribution in [0.5, 0.6) is 17.2 Å². The first kappa shape index (κ1) is 27.3. The highest BCUT2D eigenvalue weighted by Crippen LogP contribution is 2.35. The summed E-state index contributed by atoms with van der Waals surface area (Å²) in [6.45, 7) is 6.77. The lowest BCUT2D eigenvalue weighted by Gasteiger charge is -2.17. The number of methoxy groups -OCH3 is 1. The van der Waals surface area contributed by atoms with Crippen LogP contribution in [0.2, 0.25) is 0 Å². The maximum Gasteiger partial charge on any atom is 0.293 e. The molecule has 6 nitrogen and oxygen atoms in total. The number of nitrogens with zero attached hydrogens (tertiary/aromatic N) is 1. The quantitative estimate of drug-likeness (QED) is 0.262. The maximum absolute atomic E-state index is 13.2. The van der Waals surface area contributed by atoms with E-state index < -0.39 is 0 Å². The Bertz CT molecular complexity index is 1350.